The second-order valence-electron chi connectivity index (χ2n) is 7.86. The maximum Gasteiger partial charge on any atom is 0.229 e. The first-order chi connectivity index (χ1) is 16.5. The van der Waals surface area contributed by atoms with Crippen molar-refractivity contribution in [2.45, 2.75) is 12.0 Å². The molecule has 0 amide bonds. The zero-order valence-corrected chi connectivity index (χ0v) is 19.4. The molecular weight excluding hydrogens is 452 g/mol. The van der Waals surface area contributed by atoms with Crippen LogP contribution < -0.4 is 15.4 Å². The SMILES string of the molecule is CNc1nc(Nc2ccc(-n3cnc(Cl)c3)c(OC)c2)nc2c1C=CCC2(O)c1ccccc1. The van der Waals surface area contributed by atoms with Gasteiger partial charge in [-0.1, -0.05) is 54.1 Å². The number of nitrogens with zero attached hydrogens (tertiary/aromatic N) is 4. The minimum Gasteiger partial charge on any atom is -0.494 e. The molecule has 1 aliphatic carbocycles. The molecule has 0 radical (unpaired) electrons. The smallest absolute Gasteiger partial charge is 0.229 e. The van der Waals surface area contributed by atoms with Crippen LogP contribution in [-0.2, 0) is 5.60 Å². The number of hydrogen-bond donors (Lipinski definition) is 3. The summed E-state index contributed by atoms with van der Waals surface area (Å²) in [6.45, 7) is 0. The molecule has 0 saturated carbocycles. The fourth-order valence-electron chi connectivity index (χ4n) is 4.13. The van der Waals surface area contributed by atoms with Crippen LogP contribution in [0.2, 0.25) is 5.15 Å². The number of aromatic nitrogens is 4. The predicted octanol–water partition coefficient (Wildman–Crippen LogP) is 4.76. The minimum atomic E-state index is -1.27. The van der Waals surface area contributed by atoms with Crippen LogP contribution >= 0.6 is 11.6 Å². The van der Waals surface area contributed by atoms with Crippen molar-refractivity contribution in [2.24, 2.45) is 0 Å². The fraction of sp³-hybridized carbons (Fsp3) is 0.160. The first-order valence-electron chi connectivity index (χ1n) is 10.7. The number of rotatable bonds is 6. The van der Waals surface area contributed by atoms with Crippen molar-refractivity contribution in [3.8, 4) is 11.4 Å². The molecule has 2 aromatic carbocycles. The number of aliphatic hydroxyl groups is 1. The van der Waals surface area contributed by atoms with E-state index in [2.05, 4.69) is 20.6 Å². The molecule has 2 aromatic heterocycles. The molecule has 0 bridgehead atoms. The Bertz CT molecular complexity index is 1370. The summed E-state index contributed by atoms with van der Waals surface area (Å²) in [7, 11) is 3.40. The van der Waals surface area contributed by atoms with Crippen molar-refractivity contribution in [1.29, 1.82) is 0 Å². The summed E-state index contributed by atoms with van der Waals surface area (Å²) in [5.41, 5.74) is 2.33. The van der Waals surface area contributed by atoms with Crippen molar-refractivity contribution < 1.29 is 9.84 Å². The molecule has 0 fully saturated rings. The summed E-state index contributed by atoms with van der Waals surface area (Å²) in [6.07, 6.45) is 7.63. The lowest BCUT2D eigenvalue weighted by Gasteiger charge is -2.32. The topological polar surface area (TPSA) is 97.1 Å². The summed E-state index contributed by atoms with van der Waals surface area (Å²) in [5.74, 6) is 1.59. The lowest BCUT2D eigenvalue weighted by atomic mass is 9.81. The van der Waals surface area contributed by atoms with Gasteiger partial charge in [-0.25, -0.2) is 9.97 Å². The third-order valence-electron chi connectivity index (χ3n) is 5.79. The maximum absolute atomic E-state index is 11.7. The van der Waals surface area contributed by atoms with Gasteiger partial charge in [0.25, 0.3) is 0 Å². The van der Waals surface area contributed by atoms with Crippen molar-refractivity contribution >= 4 is 35.1 Å². The van der Waals surface area contributed by atoms with E-state index in [0.29, 0.717) is 34.8 Å². The molecule has 0 aliphatic heterocycles. The molecule has 8 nitrogen and oxygen atoms in total. The highest BCUT2D eigenvalue weighted by atomic mass is 35.5. The number of anilines is 3. The molecule has 4 aromatic rings. The largest absolute Gasteiger partial charge is 0.494 e. The van der Waals surface area contributed by atoms with Gasteiger partial charge in [0.2, 0.25) is 5.95 Å². The van der Waals surface area contributed by atoms with E-state index in [9.17, 15) is 5.11 Å². The highest BCUT2D eigenvalue weighted by molar-refractivity contribution is 6.29. The zero-order valence-electron chi connectivity index (χ0n) is 18.7. The Kier molecular flexibility index (Phi) is 5.69. The number of nitrogens with one attached hydrogen (secondary N) is 2. The fourth-order valence-corrected chi connectivity index (χ4v) is 4.28. The van der Waals surface area contributed by atoms with Gasteiger partial charge in [-0.3, -0.25) is 0 Å². The van der Waals surface area contributed by atoms with Crippen LogP contribution in [0.5, 0.6) is 5.75 Å². The number of hydrogen-bond acceptors (Lipinski definition) is 7. The number of benzene rings is 2. The van der Waals surface area contributed by atoms with Crippen molar-refractivity contribution in [3.05, 3.63) is 89.1 Å². The molecule has 172 valence electrons. The first-order valence-corrected chi connectivity index (χ1v) is 11.1. The van der Waals surface area contributed by atoms with Crippen molar-refractivity contribution in [3.63, 3.8) is 0 Å². The zero-order chi connectivity index (χ0) is 23.7. The van der Waals surface area contributed by atoms with E-state index >= 15 is 0 Å². The standard InChI is InChI=1S/C25H23ClN6O2/c1-27-23-18-9-6-12-25(33,16-7-4-3-5-8-16)22(18)30-24(31-23)29-17-10-11-19(20(13-17)34-2)32-14-21(26)28-15-32/h3-11,13-15,33H,12H2,1-2H3,(H2,27,29,30,31). The van der Waals surface area contributed by atoms with Gasteiger partial charge in [-0.2, -0.15) is 4.98 Å². The molecule has 5 rings (SSSR count). The van der Waals surface area contributed by atoms with Crippen molar-refractivity contribution in [1.82, 2.24) is 19.5 Å². The second-order valence-corrected chi connectivity index (χ2v) is 8.24. The van der Waals surface area contributed by atoms with Gasteiger partial charge in [0.15, 0.2) is 0 Å². The van der Waals surface area contributed by atoms with E-state index in [4.69, 9.17) is 21.3 Å². The maximum atomic E-state index is 11.7. The van der Waals surface area contributed by atoms with Gasteiger partial charge in [0.1, 0.15) is 28.6 Å². The molecule has 34 heavy (non-hydrogen) atoms. The van der Waals surface area contributed by atoms with Crippen LogP contribution in [0.25, 0.3) is 11.8 Å². The van der Waals surface area contributed by atoms with E-state index in [-0.39, 0.29) is 0 Å². The molecule has 2 heterocycles. The van der Waals surface area contributed by atoms with Crippen LogP contribution in [0.1, 0.15) is 23.2 Å². The van der Waals surface area contributed by atoms with E-state index in [1.807, 2.05) is 60.7 Å². The second kappa shape index (κ2) is 8.81. The summed E-state index contributed by atoms with van der Waals surface area (Å²) < 4.78 is 7.36. The van der Waals surface area contributed by atoms with Gasteiger partial charge in [0, 0.05) is 37.0 Å². The predicted molar refractivity (Wildman–Crippen MR) is 133 cm³/mol. The minimum absolute atomic E-state index is 0.355. The Morgan fingerprint density at radius 3 is 2.68 bits per heavy atom. The Morgan fingerprint density at radius 1 is 1.15 bits per heavy atom. The Hall–Kier alpha value is -3.88. The number of methoxy groups -OCH3 is 1. The Balaban J connectivity index is 1.55. The summed E-state index contributed by atoms with van der Waals surface area (Å²) >= 11 is 5.97. The van der Waals surface area contributed by atoms with Crippen LogP contribution in [0, 0.1) is 0 Å². The quantitative estimate of drug-likeness (QED) is 0.370. The van der Waals surface area contributed by atoms with Gasteiger partial charge in [-0.05, 0) is 17.7 Å². The van der Waals surface area contributed by atoms with E-state index < -0.39 is 5.60 Å². The molecule has 1 unspecified atom stereocenters. The molecule has 0 saturated heterocycles. The Labute approximate surface area is 201 Å². The number of imidazole rings is 1. The van der Waals surface area contributed by atoms with Crippen LogP contribution in [0.4, 0.5) is 17.5 Å². The van der Waals surface area contributed by atoms with Crippen LogP contribution in [-0.4, -0.2) is 38.8 Å². The normalized spacial score (nSPS) is 16.7. The van der Waals surface area contributed by atoms with Gasteiger partial charge >= 0.3 is 0 Å². The van der Waals surface area contributed by atoms with Crippen LogP contribution in [0.3, 0.4) is 0 Å². The summed E-state index contributed by atoms with van der Waals surface area (Å²) in [4.78, 5) is 13.4. The summed E-state index contributed by atoms with van der Waals surface area (Å²) in [5, 5.41) is 18.5. The third kappa shape index (κ3) is 3.87. The van der Waals surface area contributed by atoms with Gasteiger partial charge in [-0.15, -0.1) is 0 Å². The average Bonchev–Trinajstić information content (AvgIpc) is 3.30. The molecule has 0 spiro atoms. The molecule has 1 aliphatic rings. The lowest BCUT2D eigenvalue weighted by Crippen LogP contribution is -2.31. The van der Waals surface area contributed by atoms with E-state index in [1.165, 1.54) is 0 Å². The molecular formula is C25H23ClN6O2. The van der Waals surface area contributed by atoms with E-state index in [1.54, 1.807) is 31.2 Å². The highest BCUT2D eigenvalue weighted by Gasteiger charge is 2.37. The molecule has 1 atom stereocenters. The first kappa shape index (κ1) is 21.9. The number of fused-ring (bicyclic) bond motifs is 1. The molecule has 3 N–H and O–H groups in total. The number of halogens is 1. The Morgan fingerprint density at radius 2 is 1.97 bits per heavy atom. The van der Waals surface area contributed by atoms with Crippen molar-refractivity contribution in [2.75, 3.05) is 24.8 Å². The van der Waals surface area contributed by atoms with Gasteiger partial charge < -0.3 is 25.0 Å². The lowest BCUT2D eigenvalue weighted by molar-refractivity contribution is 0.0781. The van der Waals surface area contributed by atoms with Gasteiger partial charge in [0.05, 0.1) is 18.5 Å². The molecule has 9 heteroatoms. The number of ether oxygens (including phenoxy) is 1. The third-order valence-corrected chi connectivity index (χ3v) is 5.98. The van der Waals surface area contributed by atoms with E-state index in [0.717, 1.165) is 22.5 Å². The monoisotopic (exact) mass is 474 g/mol. The average molecular weight is 475 g/mol. The summed E-state index contributed by atoms with van der Waals surface area (Å²) in [6, 6.07) is 15.2. The highest BCUT2D eigenvalue weighted by Crippen LogP contribution is 2.41. The van der Waals surface area contributed by atoms with Crippen LogP contribution in [0.15, 0.2) is 67.1 Å².